The Kier molecular flexibility index (Phi) is 7.04. The highest BCUT2D eigenvalue weighted by Crippen LogP contribution is 2.15. The van der Waals surface area contributed by atoms with Crippen LogP contribution in [0.25, 0.3) is 0 Å². The topological polar surface area (TPSA) is 58.6 Å². The van der Waals surface area contributed by atoms with Crippen molar-refractivity contribution in [1.29, 1.82) is 0 Å². The minimum Gasteiger partial charge on any atom is -0.484 e. The Morgan fingerprint density at radius 1 is 1.19 bits per heavy atom. The van der Waals surface area contributed by atoms with Crippen molar-refractivity contribution in [2.24, 2.45) is 0 Å². The second kappa shape index (κ2) is 9.25. The number of benzene rings is 2. The van der Waals surface area contributed by atoms with Crippen LogP contribution in [0.15, 0.2) is 48.5 Å². The summed E-state index contributed by atoms with van der Waals surface area (Å²) in [6.07, 6.45) is 0. The number of nitrogens with one attached hydrogen (secondary N) is 1. The highest BCUT2D eigenvalue weighted by Gasteiger charge is 2.25. The Morgan fingerprint density at radius 3 is 2.50 bits per heavy atom. The lowest BCUT2D eigenvalue weighted by molar-refractivity contribution is -0.142. The molecule has 2 aromatic rings. The number of carbonyl (C=O) groups is 2. The van der Waals surface area contributed by atoms with Gasteiger partial charge >= 0.3 is 0 Å². The largest absolute Gasteiger partial charge is 0.484 e. The normalized spacial score (nSPS) is 11.5. The molecular formula is C20H23ClN2O3. The highest BCUT2D eigenvalue weighted by atomic mass is 35.5. The third kappa shape index (κ3) is 5.49. The first-order chi connectivity index (χ1) is 12.4. The molecule has 6 heteroatoms. The fraction of sp³-hybridized carbons (Fsp3) is 0.300. The standard InChI is InChI=1S/C20H23ClN2O3/c1-14-5-4-6-18(11-14)26-13-19(24)23(15(2)20(25)22-3)12-16-7-9-17(21)10-8-16/h4-11,15H,12-13H2,1-3H3,(H,22,25)/t15-/m0/s1. The SMILES string of the molecule is CNC(=O)[C@H](C)N(Cc1ccc(Cl)cc1)C(=O)COc1cccc(C)c1. The fourth-order valence-corrected chi connectivity index (χ4v) is 2.64. The van der Waals surface area contributed by atoms with Crippen LogP contribution in [0.1, 0.15) is 18.1 Å². The zero-order valence-corrected chi connectivity index (χ0v) is 15.9. The van der Waals surface area contributed by atoms with Gasteiger partial charge in [-0.1, -0.05) is 35.9 Å². The third-order valence-corrected chi connectivity index (χ3v) is 4.28. The van der Waals surface area contributed by atoms with Gasteiger partial charge in [-0.3, -0.25) is 9.59 Å². The Balaban J connectivity index is 2.12. The van der Waals surface area contributed by atoms with Crippen LogP contribution in [-0.2, 0) is 16.1 Å². The van der Waals surface area contributed by atoms with Gasteiger partial charge in [-0.2, -0.15) is 0 Å². The summed E-state index contributed by atoms with van der Waals surface area (Å²) in [5, 5.41) is 3.20. The molecule has 2 amide bonds. The molecule has 138 valence electrons. The zero-order chi connectivity index (χ0) is 19.1. The molecule has 2 rings (SSSR count). The van der Waals surface area contributed by atoms with E-state index in [2.05, 4.69) is 5.32 Å². The molecule has 0 bridgehead atoms. The maximum absolute atomic E-state index is 12.7. The summed E-state index contributed by atoms with van der Waals surface area (Å²) < 4.78 is 5.61. The van der Waals surface area contributed by atoms with Crippen molar-refractivity contribution >= 4 is 23.4 Å². The Morgan fingerprint density at radius 2 is 1.88 bits per heavy atom. The average Bonchev–Trinajstić information content (AvgIpc) is 2.64. The molecule has 26 heavy (non-hydrogen) atoms. The molecule has 1 N–H and O–H groups in total. The number of likely N-dealkylation sites (N-methyl/N-ethyl adjacent to an activating group) is 1. The lowest BCUT2D eigenvalue weighted by Gasteiger charge is -2.28. The molecule has 0 saturated carbocycles. The number of rotatable bonds is 7. The molecule has 0 aliphatic rings. The summed E-state index contributed by atoms with van der Waals surface area (Å²) in [6, 6.07) is 14.0. The minimum absolute atomic E-state index is 0.140. The van der Waals surface area contributed by atoms with Gasteiger partial charge in [0.15, 0.2) is 6.61 Å². The van der Waals surface area contributed by atoms with E-state index in [-0.39, 0.29) is 18.4 Å². The van der Waals surface area contributed by atoms with Gasteiger partial charge in [0.1, 0.15) is 11.8 Å². The molecule has 2 aromatic carbocycles. The molecule has 0 fully saturated rings. The Bertz CT molecular complexity index is 762. The summed E-state index contributed by atoms with van der Waals surface area (Å²) in [6.45, 7) is 3.80. The van der Waals surface area contributed by atoms with Crippen LogP contribution < -0.4 is 10.1 Å². The van der Waals surface area contributed by atoms with Crippen LogP contribution in [0.2, 0.25) is 5.02 Å². The maximum atomic E-state index is 12.7. The number of ether oxygens (including phenoxy) is 1. The van der Waals surface area contributed by atoms with Crippen molar-refractivity contribution in [2.75, 3.05) is 13.7 Å². The van der Waals surface area contributed by atoms with Gasteiger partial charge in [0.05, 0.1) is 0 Å². The second-order valence-electron chi connectivity index (χ2n) is 6.04. The molecule has 0 heterocycles. The van der Waals surface area contributed by atoms with E-state index in [1.54, 1.807) is 32.2 Å². The summed E-state index contributed by atoms with van der Waals surface area (Å²) in [4.78, 5) is 26.3. The first kappa shape index (κ1) is 19.8. The minimum atomic E-state index is -0.621. The van der Waals surface area contributed by atoms with E-state index < -0.39 is 6.04 Å². The first-order valence-corrected chi connectivity index (χ1v) is 8.73. The lowest BCUT2D eigenvalue weighted by atomic mass is 10.1. The van der Waals surface area contributed by atoms with Crippen LogP contribution in [0.4, 0.5) is 0 Å². The molecule has 0 aromatic heterocycles. The van der Waals surface area contributed by atoms with E-state index in [0.29, 0.717) is 17.3 Å². The highest BCUT2D eigenvalue weighted by molar-refractivity contribution is 6.30. The van der Waals surface area contributed by atoms with Gasteiger partial charge in [0, 0.05) is 18.6 Å². The maximum Gasteiger partial charge on any atom is 0.261 e. The fourth-order valence-electron chi connectivity index (χ4n) is 2.51. The second-order valence-corrected chi connectivity index (χ2v) is 6.48. The van der Waals surface area contributed by atoms with Crippen LogP contribution in [0.3, 0.4) is 0 Å². The summed E-state index contributed by atoms with van der Waals surface area (Å²) in [7, 11) is 1.55. The molecule has 0 radical (unpaired) electrons. The number of carbonyl (C=O) groups excluding carboxylic acids is 2. The van der Waals surface area contributed by atoms with Gasteiger partial charge in [0.2, 0.25) is 5.91 Å². The molecule has 5 nitrogen and oxygen atoms in total. The van der Waals surface area contributed by atoms with E-state index in [1.165, 1.54) is 4.90 Å². The van der Waals surface area contributed by atoms with Gasteiger partial charge in [0.25, 0.3) is 5.91 Å². The molecule has 0 saturated heterocycles. The Hall–Kier alpha value is -2.53. The van der Waals surface area contributed by atoms with Crippen molar-refractivity contribution in [3.8, 4) is 5.75 Å². The molecule has 0 spiro atoms. The van der Waals surface area contributed by atoms with Gasteiger partial charge in [-0.05, 0) is 49.2 Å². The van der Waals surface area contributed by atoms with Crippen molar-refractivity contribution in [3.05, 3.63) is 64.7 Å². The monoisotopic (exact) mass is 374 g/mol. The number of amides is 2. The number of halogens is 1. The number of aryl methyl sites for hydroxylation is 1. The average molecular weight is 375 g/mol. The number of hydrogen-bond donors (Lipinski definition) is 1. The predicted molar refractivity (Wildman–Crippen MR) is 102 cm³/mol. The summed E-state index contributed by atoms with van der Waals surface area (Å²) in [5.74, 6) is 0.123. The smallest absolute Gasteiger partial charge is 0.261 e. The number of nitrogens with zero attached hydrogens (tertiary/aromatic N) is 1. The van der Waals surface area contributed by atoms with E-state index in [1.807, 2.05) is 37.3 Å². The van der Waals surface area contributed by atoms with Crippen molar-refractivity contribution in [2.45, 2.75) is 26.4 Å². The van der Waals surface area contributed by atoms with E-state index in [9.17, 15) is 9.59 Å². The molecule has 0 aliphatic heterocycles. The van der Waals surface area contributed by atoms with Crippen LogP contribution >= 0.6 is 11.6 Å². The van der Waals surface area contributed by atoms with E-state index in [0.717, 1.165) is 11.1 Å². The van der Waals surface area contributed by atoms with Crippen molar-refractivity contribution in [3.63, 3.8) is 0 Å². The summed E-state index contributed by atoms with van der Waals surface area (Å²) in [5.41, 5.74) is 1.93. The van der Waals surface area contributed by atoms with Gasteiger partial charge < -0.3 is 15.0 Å². The van der Waals surface area contributed by atoms with Crippen LogP contribution in [0.5, 0.6) is 5.75 Å². The molecule has 0 unspecified atom stereocenters. The molecule has 1 atom stereocenters. The predicted octanol–water partition coefficient (Wildman–Crippen LogP) is 3.19. The van der Waals surface area contributed by atoms with Crippen LogP contribution in [0, 0.1) is 6.92 Å². The van der Waals surface area contributed by atoms with Crippen LogP contribution in [-0.4, -0.2) is 36.4 Å². The summed E-state index contributed by atoms with van der Waals surface area (Å²) >= 11 is 5.91. The van der Waals surface area contributed by atoms with E-state index >= 15 is 0 Å². The molecule has 0 aliphatic carbocycles. The van der Waals surface area contributed by atoms with E-state index in [4.69, 9.17) is 16.3 Å². The first-order valence-electron chi connectivity index (χ1n) is 8.35. The quantitative estimate of drug-likeness (QED) is 0.809. The van der Waals surface area contributed by atoms with Crippen molar-refractivity contribution < 1.29 is 14.3 Å². The lowest BCUT2D eigenvalue weighted by Crippen LogP contribution is -2.48. The Labute approximate surface area is 158 Å². The number of hydrogen-bond acceptors (Lipinski definition) is 3. The third-order valence-electron chi connectivity index (χ3n) is 4.03. The van der Waals surface area contributed by atoms with Crippen molar-refractivity contribution in [1.82, 2.24) is 10.2 Å². The van der Waals surface area contributed by atoms with Gasteiger partial charge in [-0.25, -0.2) is 0 Å². The molecular weight excluding hydrogens is 352 g/mol. The zero-order valence-electron chi connectivity index (χ0n) is 15.2. The van der Waals surface area contributed by atoms with Gasteiger partial charge in [-0.15, -0.1) is 0 Å².